The van der Waals surface area contributed by atoms with Gasteiger partial charge in [-0.2, -0.15) is 5.26 Å². The van der Waals surface area contributed by atoms with Crippen molar-refractivity contribution in [2.75, 3.05) is 6.26 Å². The van der Waals surface area contributed by atoms with Crippen LogP contribution < -0.4 is 4.74 Å². The van der Waals surface area contributed by atoms with Crippen LogP contribution in [-0.4, -0.2) is 6.26 Å². The summed E-state index contributed by atoms with van der Waals surface area (Å²) in [5.41, 5.74) is 0.241. The second kappa shape index (κ2) is 8.23. The highest BCUT2D eigenvalue weighted by Crippen LogP contribution is 2.25. The highest BCUT2D eigenvalue weighted by molar-refractivity contribution is 7.98. The van der Waals surface area contributed by atoms with Gasteiger partial charge in [-0.1, -0.05) is 13.8 Å². The SMILES string of the molecule is CC.CSc1ccc(Oc2cc(F)cc(C#N)c2)cc1. The number of nitrogens with zero attached hydrogens (tertiary/aromatic N) is 1. The minimum absolute atomic E-state index is 0.241. The van der Waals surface area contributed by atoms with E-state index in [0.717, 1.165) is 4.90 Å². The first-order valence-corrected chi connectivity index (χ1v) is 7.46. The number of benzene rings is 2. The third-order valence-electron chi connectivity index (χ3n) is 2.30. The molecule has 2 nitrogen and oxygen atoms in total. The summed E-state index contributed by atoms with van der Waals surface area (Å²) >= 11 is 1.63. The number of hydrogen-bond acceptors (Lipinski definition) is 3. The maximum Gasteiger partial charge on any atom is 0.131 e. The van der Waals surface area contributed by atoms with Crippen LogP contribution in [0.2, 0.25) is 0 Å². The Hall–Kier alpha value is -1.99. The van der Waals surface area contributed by atoms with Crippen LogP contribution in [0, 0.1) is 17.1 Å². The smallest absolute Gasteiger partial charge is 0.131 e. The number of halogens is 1. The highest BCUT2D eigenvalue weighted by atomic mass is 32.2. The van der Waals surface area contributed by atoms with Crippen molar-refractivity contribution >= 4 is 11.8 Å². The molecular formula is C16H16FNOS. The van der Waals surface area contributed by atoms with Crippen LogP contribution in [0.4, 0.5) is 4.39 Å². The van der Waals surface area contributed by atoms with Gasteiger partial charge in [-0.25, -0.2) is 4.39 Å². The van der Waals surface area contributed by atoms with E-state index in [1.807, 2.05) is 50.4 Å². The van der Waals surface area contributed by atoms with Crippen LogP contribution in [0.15, 0.2) is 47.4 Å². The molecule has 0 aliphatic heterocycles. The molecule has 0 saturated heterocycles. The Morgan fingerprint density at radius 2 is 1.70 bits per heavy atom. The van der Waals surface area contributed by atoms with E-state index in [1.165, 1.54) is 18.2 Å². The van der Waals surface area contributed by atoms with Crippen molar-refractivity contribution in [3.05, 3.63) is 53.8 Å². The molecule has 2 rings (SSSR count). The average molecular weight is 289 g/mol. The maximum atomic E-state index is 13.2. The van der Waals surface area contributed by atoms with Gasteiger partial charge in [0, 0.05) is 11.0 Å². The van der Waals surface area contributed by atoms with Crippen molar-refractivity contribution in [2.45, 2.75) is 18.7 Å². The number of thioether (sulfide) groups is 1. The quantitative estimate of drug-likeness (QED) is 0.725. The molecule has 0 aliphatic carbocycles. The molecule has 0 spiro atoms. The lowest BCUT2D eigenvalue weighted by atomic mass is 10.2. The number of nitriles is 1. The zero-order valence-corrected chi connectivity index (χ0v) is 12.5. The van der Waals surface area contributed by atoms with Crippen molar-refractivity contribution in [1.29, 1.82) is 5.26 Å². The van der Waals surface area contributed by atoms with Gasteiger partial charge in [-0.15, -0.1) is 11.8 Å². The number of ether oxygens (including phenoxy) is 1. The van der Waals surface area contributed by atoms with E-state index >= 15 is 0 Å². The van der Waals surface area contributed by atoms with Gasteiger partial charge in [0.25, 0.3) is 0 Å². The zero-order chi connectivity index (χ0) is 15.0. The van der Waals surface area contributed by atoms with Gasteiger partial charge in [0.1, 0.15) is 17.3 Å². The summed E-state index contributed by atoms with van der Waals surface area (Å²) in [4.78, 5) is 1.12. The second-order valence-electron chi connectivity index (χ2n) is 3.57. The molecule has 20 heavy (non-hydrogen) atoms. The van der Waals surface area contributed by atoms with Crippen LogP contribution in [-0.2, 0) is 0 Å². The largest absolute Gasteiger partial charge is 0.457 e. The molecule has 2 aromatic rings. The molecule has 104 valence electrons. The summed E-state index contributed by atoms with van der Waals surface area (Å²) in [5, 5.41) is 8.75. The van der Waals surface area contributed by atoms with E-state index in [2.05, 4.69) is 0 Å². The van der Waals surface area contributed by atoms with Crippen molar-refractivity contribution in [3.8, 4) is 17.6 Å². The monoisotopic (exact) mass is 289 g/mol. The van der Waals surface area contributed by atoms with E-state index in [0.29, 0.717) is 11.5 Å². The van der Waals surface area contributed by atoms with E-state index in [9.17, 15) is 4.39 Å². The summed E-state index contributed by atoms with van der Waals surface area (Å²) in [5.74, 6) is 0.454. The van der Waals surface area contributed by atoms with E-state index in [1.54, 1.807) is 11.8 Å². The summed E-state index contributed by atoms with van der Waals surface area (Å²) in [6, 6.07) is 13.3. The lowest BCUT2D eigenvalue weighted by molar-refractivity contribution is 0.476. The minimum atomic E-state index is -0.482. The fraction of sp³-hybridized carbons (Fsp3) is 0.188. The molecule has 0 N–H and O–H groups in total. The van der Waals surface area contributed by atoms with Gasteiger partial charge in [-0.05, 0) is 42.7 Å². The molecule has 0 heterocycles. The van der Waals surface area contributed by atoms with Gasteiger partial charge < -0.3 is 4.74 Å². The lowest BCUT2D eigenvalue weighted by Crippen LogP contribution is -1.87. The van der Waals surface area contributed by atoms with Crippen molar-refractivity contribution in [1.82, 2.24) is 0 Å². The normalized spacial score (nSPS) is 9.15. The standard InChI is InChI=1S/C14H10FNOS.C2H6/c1-18-14-4-2-12(3-5-14)17-13-7-10(9-16)6-11(15)8-13;1-2/h2-8H,1H3;1-2H3. The Morgan fingerprint density at radius 1 is 1.05 bits per heavy atom. The Balaban J connectivity index is 0.000000956. The van der Waals surface area contributed by atoms with Crippen molar-refractivity contribution < 1.29 is 9.13 Å². The van der Waals surface area contributed by atoms with Gasteiger partial charge >= 0.3 is 0 Å². The fourth-order valence-corrected chi connectivity index (χ4v) is 1.87. The third kappa shape index (κ3) is 4.60. The molecule has 4 heteroatoms. The minimum Gasteiger partial charge on any atom is -0.457 e. The fourth-order valence-electron chi connectivity index (χ4n) is 1.47. The summed E-state index contributed by atoms with van der Waals surface area (Å²) in [7, 11) is 0. The molecule has 0 aliphatic rings. The molecule has 0 saturated carbocycles. The average Bonchev–Trinajstić information content (AvgIpc) is 2.49. The molecule has 0 amide bonds. The lowest BCUT2D eigenvalue weighted by Gasteiger charge is -2.06. The molecule has 2 aromatic carbocycles. The third-order valence-corrected chi connectivity index (χ3v) is 3.04. The Bertz CT molecular complexity index is 590. The molecular weight excluding hydrogens is 273 g/mol. The summed E-state index contributed by atoms with van der Waals surface area (Å²) in [6.07, 6.45) is 1.99. The Kier molecular flexibility index (Phi) is 6.61. The Morgan fingerprint density at radius 3 is 2.25 bits per heavy atom. The summed E-state index contributed by atoms with van der Waals surface area (Å²) < 4.78 is 18.7. The number of rotatable bonds is 3. The topological polar surface area (TPSA) is 33.0 Å². The van der Waals surface area contributed by atoms with Crippen molar-refractivity contribution in [2.24, 2.45) is 0 Å². The maximum absolute atomic E-state index is 13.2. The first-order valence-electron chi connectivity index (χ1n) is 6.24. The van der Waals surface area contributed by atoms with Gasteiger partial charge in [0.2, 0.25) is 0 Å². The first kappa shape index (κ1) is 16.1. The van der Waals surface area contributed by atoms with Gasteiger partial charge in [0.15, 0.2) is 0 Å². The molecule has 0 fully saturated rings. The molecule has 0 atom stereocenters. The predicted molar refractivity (Wildman–Crippen MR) is 80.8 cm³/mol. The molecule has 0 radical (unpaired) electrons. The van der Waals surface area contributed by atoms with Gasteiger partial charge in [0.05, 0.1) is 11.6 Å². The molecule has 0 bridgehead atoms. The molecule has 0 aromatic heterocycles. The number of hydrogen-bond donors (Lipinski definition) is 0. The van der Waals surface area contributed by atoms with Crippen LogP contribution in [0.25, 0.3) is 0 Å². The Labute approximate surface area is 123 Å². The van der Waals surface area contributed by atoms with Gasteiger partial charge in [-0.3, -0.25) is 0 Å². The van der Waals surface area contributed by atoms with Crippen LogP contribution in [0.3, 0.4) is 0 Å². The van der Waals surface area contributed by atoms with Crippen LogP contribution in [0.5, 0.6) is 11.5 Å². The highest BCUT2D eigenvalue weighted by Gasteiger charge is 2.03. The molecule has 0 unspecified atom stereocenters. The first-order chi connectivity index (χ1) is 9.71. The van der Waals surface area contributed by atoms with Crippen LogP contribution in [0.1, 0.15) is 19.4 Å². The van der Waals surface area contributed by atoms with Crippen molar-refractivity contribution in [3.63, 3.8) is 0 Å². The predicted octanol–water partition coefficient (Wildman–Crippen LogP) is 5.24. The van der Waals surface area contributed by atoms with E-state index < -0.39 is 5.82 Å². The van der Waals surface area contributed by atoms with E-state index in [4.69, 9.17) is 10.00 Å². The zero-order valence-electron chi connectivity index (χ0n) is 11.7. The van der Waals surface area contributed by atoms with Crippen LogP contribution >= 0.6 is 11.8 Å². The second-order valence-corrected chi connectivity index (χ2v) is 4.44. The van der Waals surface area contributed by atoms with E-state index in [-0.39, 0.29) is 5.56 Å². The summed E-state index contributed by atoms with van der Waals surface area (Å²) in [6.45, 7) is 4.00.